The van der Waals surface area contributed by atoms with E-state index in [1.54, 1.807) is 0 Å². The summed E-state index contributed by atoms with van der Waals surface area (Å²) in [5.41, 5.74) is 10.7. The lowest BCUT2D eigenvalue weighted by atomic mass is 10.4. The van der Waals surface area contributed by atoms with E-state index in [-0.39, 0.29) is 11.2 Å². The molecule has 0 aromatic carbocycles. The highest BCUT2D eigenvalue weighted by Gasteiger charge is 2.00. The van der Waals surface area contributed by atoms with E-state index in [9.17, 15) is 0 Å². The average molecular weight is 203 g/mol. The number of hydrogen-bond acceptors (Lipinski definition) is 6. The number of nitrogens with one attached hydrogen (secondary N) is 1. The number of aromatic nitrogens is 3. The minimum atomic E-state index is 0.0859. The molecule has 0 saturated carbocycles. The molecule has 13 heavy (non-hydrogen) atoms. The summed E-state index contributed by atoms with van der Waals surface area (Å²) < 4.78 is 0. The number of halogens is 1. The molecule has 6 nitrogen and oxygen atoms in total. The van der Waals surface area contributed by atoms with Gasteiger partial charge in [0.25, 0.3) is 0 Å². The molecule has 0 unspecified atom stereocenters. The Hall–Kier alpha value is -1.14. The van der Waals surface area contributed by atoms with Crippen molar-refractivity contribution in [2.45, 2.75) is 6.42 Å². The molecule has 0 saturated heterocycles. The Kier molecular flexibility index (Phi) is 3.66. The number of nitrogens with two attached hydrogens (primary N) is 2. The van der Waals surface area contributed by atoms with Crippen molar-refractivity contribution < 1.29 is 0 Å². The smallest absolute Gasteiger partial charge is 0.228 e. The highest BCUT2D eigenvalue weighted by molar-refractivity contribution is 6.28. The van der Waals surface area contributed by atoms with Crippen molar-refractivity contribution in [3.05, 3.63) is 5.28 Å². The molecule has 1 aromatic rings. The Morgan fingerprint density at radius 3 is 2.69 bits per heavy atom. The van der Waals surface area contributed by atoms with E-state index >= 15 is 0 Å². The van der Waals surface area contributed by atoms with Crippen LogP contribution in [0.25, 0.3) is 0 Å². The Morgan fingerprint density at radius 1 is 1.31 bits per heavy atom. The van der Waals surface area contributed by atoms with Gasteiger partial charge >= 0.3 is 0 Å². The standard InChI is InChI=1S/C6H11ClN6/c7-4-11-5(9)13-6(12-4)10-3-1-2-8/h1-3,8H2,(H3,9,10,11,12,13). The van der Waals surface area contributed by atoms with Crippen molar-refractivity contribution in [1.82, 2.24) is 15.0 Å². The van der Waals surface area contributed by atoms with E-state index in [2.05, 4.69) is 20.3 Å². The highest BCUT2D eigenvalue weighted by atomic mass is 35.5. The zero-order valence-electron chi connectivity index (χ0n) is 7.00. The van der Waals surface area contributed by atoms with Crippen molar-refractivity contribution in [3.63, 3.8) is 0 Å². The Labute approximate surface area is 80.7 Å². The predicted octanol–water partition coefficient (Wildman–Crippen LogP) is -0.132. The maximum atomic E-state index is 5.56. The molecule has 5 N–H and O–H groups in total. The predicted molar refractivity (Wildman–Crippen MR) is 51.4 cm³/mol. The zero-order valence-corrected chi connectivity index (χ0v) is 7.75. The number of hydrogen-bond donors (Lipinski definition) is 3. The number of rotatable bonds is 4. The fourth-order valence-corrected chi connectivity index (χ4v) is 0.913. The van der Waals surface area contributed by atoms with Crippen LogP contribution >= 0.6 is 11.6 Å². The Bertz CT molecular complexity index is 258. The minimum absolute atomic E-state index is 0.0859. The number of nitrogens with zero attached hydrogens (tertiary/aromatic N) is 3. The molecule has 7 heteroatoms. The van der Waals surface area contributed by atoms with Gasteiger partial charge in [-0.05, 0) is 24.6 Å². The molecule has 0 bridgehead atoms. The molecule has 1 aromatic heterocycles. The highest BCUT2D eigenvalue weighted by Crippen LogP contribution is 2.06. The van der Waals surface area contributed by atoms with Gasteiger partial charge in [-0.15, -0.1) is 0 Å². The fraction of sp³-hybridized carbons (Fsp3) is 0.500. The van der Waals surface area contributed by atoms with Crippen LogP contribution in [-0.4, -0.2) is 28.0 Å². The number of nitrogen functional groups attached to an aromatic ring is 1. The molecule has 0 aliphatic carbocycles. The van der Waals surface area contributed by atoms with Crippen LogP contribution in [0.15, 0.2) is 0 Å². The van der Waals surface area contributed by atoms with Gasteiger partial charge in [-0.2, -0.15) is 15.0 Å². The molecule has 0 aliphatic rings. The molecule has 0 radical (unpaired) electrons. The second-order valence-corrected chi connectivity index (χ2v) is 2.69. The second kappa shape index (κ2) is 4.78. The third-order valence-corrected chi connectivity index (χ3v) is 1.46. The van der Waals surface area contributed by atoms with E-state index in [1.165, 1.54) is 0 Å². The number of anilines is 2. The summed E-state index contributed by atoms with van der Waals surface area (Å²) >= 11 is 5.56. The molecule has 0 aliphatic heterocycles. The monoisotopic (exact) mass is 202 g/mol. The van der Waals surface area contributed by atoms with E-state index < -0.39 is 0 Å². The van der Waals surface area contributed by atoms with Gasteiger partial charge in [0, 0.05) is 6.54 Å². The molecule has 1 heterocycles. The quantitative estimate of drug-likeness (QED) is 0.588. The first-order chi connectivity index (χ1) is 6.22. The molecular weight excluding hydrogens is 192 g/mol. The van der Waals surface area contributed by atoms with Gasteiger partial charge in [-0.3, -0.25) is 0 Å². The third kappa shape index (κ3) is 3.39. The third-order valence-electron chi connectivity index (χ3n) is 1.29. The van der Waals surface area contributed by atoms with E-state index in [0.29, 0.717) is 19.0 Å². The zero-order chi connectivity index (χ0) is 9.68. The maximum absolute atomic E-state index is 5.56. The van der Waals surface area contributed by atoms with Crippen LogP contribution in [0.5, 0.6) is 0 Å². The summed E-state index contributed by atoms with van der Waals surface area (Å²) in [7, 11) is 0. The first-order valence-electron chi connectivity index (χ1n) is 3.83. The van der Waals surface area contributed by atoms with Crippen molar-refractivity contribution in [1.29, 1.82) is 0 Å². The molecular formula is C6H11ClN6. The SMILES string of the molecule is NCCCNc1nc(N)nc(Cl)n1. The summed E-state index contributed by atoms with van der Waals surface area (Å²) in [4.78, 5) is 11.3. The molecule has 1 rings (SSSR count). The van der Waals surface area contributed by atoms with E-state index in [1.807, 2.05) is 0 Å². The van der Waals surface area contributed by atoms with Crippen LogP contribution in [0.1, 0.15) is 6.42 Å². The van der Waals surface area contributed by atoms with E-state index in [4.69, 9.17) is 23.1 Å². The molecule has 0 atom stereocenters. The largest absolute Gasteiger partial charge is 0.368 e. The Balaban J connectivity index is 2.56. The van der Waals surface area contributed by atoms with Gasteiger partial charge in [-0.25, -0.2) is 0 Å². The average Bonchev–Trinajstić information content (AvgIpc) is 2.03. The van der Waals surface area contributed by atoms with Crippen LogP contribution in [-0.2, 0) is 0 Å². The van der Waals surface area contributed by atoms with Crippen molar-refractivity contribution in [3.8, 4) is 0 Å². The Morgan fingerprint density at radius 2 is 2.08 bits per heavy atom. The van der Waals surface area contributed by atoms with Gasteiger partial charge in [0.05, 0.1) is 0 Å². The summed E-state index contributed by atoms with van der Waals surface area (Å²) in [5.74, 6) is 0.487. The fourth-order valence-electron chi connectivity index (χ4n) is 0.747. The van der Waals surface area contributed by atoms with Gasteiger partial charge in [0.2, 0.25) is 17.2 Å². The molecule has 0 fully saturated rings. The van der Waals surface area contributed by atoms with Crippen LogP contribution < -0.4 is 16.8 Å². The lowest BCUT2D eigenvalue weighted by Gasteiger charge is -2.03. The minimum Gasteiger partial charge on any atom is -0.368 e. The van der Waals surface area contributed by atoms with E-state index in [0.717, 1.165) is 6.42 Å². The summed E-state index contributed by atoms with van der Waals surface area (Å²) in [5, 5.41) is 3.01. The topological polar surface area (TPSA) is 103 Å². The van der Waals surface area contributed by atoms with Crippen LogP contribution in [0.3, 0.4) is 0 Å². The van der Waals surface area contributed by atoms with Gasteiger partial charge in [0.15, 0.2) is 0 Å². The van der Waals surface area contributed by atoms with Gasteiger partial charge in [-0.1, -0.05) is 0 Å². The molecule has 0 amide bonds. The maximum Gasteiger partial charge on any atom is 0.228 e. The van der Waals surface area contributed by atoms with Crippen LogP contribution in [0.2, 0.25) is 5.28 Å². The van der Waals surface area contributed by atoms with Crippen LogP contribution in [0.4, 0.5) is 11.9 Å². The normalized spacial score (nSPS) is 10.0. The second-order valence-electron chi connectivity index (χ2n) is 2.36. The van der Waals surface area contributed by atoms with Crippen LogP contribution in [0, 0.1) is 0 Å². The van der Waals surface area contributed by atoms with Crippen molar-refractivity contribution in [2.75, 3.05) is 24.1 Å². The van der Waals surface area contributed by atoms with Crippen molar-refractivity contribution in [2.24, 2.45) is 5.73 Å². The lowest BCUT2D eigenvalue weighted by Crippen LogP contribution is -2.11. The molecule has 72 valence electrons. The first-order valence-corrected chi connectivity index (χ1v) is 4.21. The molecule has 0 spiro atoms. The van der Waals surface area contributed by atoms with Gasteiger partial charge in [0.1, 0.15) is 0 Å². The lowest BCUT2D eigenvalue weighted by molar-refractivity contribution is 0.861. The first kappa shape index (κ1) is 9.94. The summed E-state index contributed by atoms with van der Waals surface area (Å²) in [6.07, 6.45) is 0.837. The van der Waals surface area contributed by atoms with Gasteiger partial charge < -0.3 is 16.8 Å². The summed E-state index contributed by atoms with van der Waals surface area (Å²) in [6.45, 7) is 1.30. The summed E-state index contributed by atoms with van der Waals surface area (Å²) in [6, 6.07) is 0. The van der Waals surface area contributed by atoms with Crippen molar-refractivity contribution >= 4 is 23.5 Å².